The molecule has 2 heteroatoms. The van der Waals surface area contributed by atoms with Gasteiger partial charge in [-0.1, -0.05) is 42.5 Å². The number of aliphatic hydroxyl groups excluding tert-OH is 1. The summed E-state index contributed by atoms with van der Waals surface area (Å²) < 4.78 is 1.25. The van der Waals surface area contributed by atoms with Crippen LogP contribution in [0.4, 0.5) is 0 Å². The highest BCUT2D eigenvalue weighted by atomic mass is 127. The summed E-state index contributed by atoms with van der Waals surface area (Å²) in [6.07, 6.45) is 1.87. The lowest BCUT2D eigenvalue weighted by Gasteiger charge is -2.14. The maximum absolute atomic E-state index is 9.50. The van der Waals surface area contributed by atoms with Crippen LogP contribution in [0.15, 0.2) is 54.6 Å². The van der Waals surface area contributed by atoms with Crippen LogP contribution in [-0.4, -0.2) is 11.7 Å². The second kappa shape index (κ2) is 6.90. The third kappa shape index (κ3) is 4.10. The Bertz CT molecular complexity index is 464. The first-order valence-electron chi connectivity index (χ1n) is 6.17. The van der Waals surface area contributed by atoms with Gasteiger partial charge in [0.1, 0.15) is 0 Å². The van der Waals surface area contributed by atoms with Crippen molar-refractivity contribution in [2.45, 2.75) is 12.8 Å². The van der Waals surface area contributed by atoms with E-state index in [1.54, 1.807) is 0 Å². The molecule has 0 amide bonds. The van der Waals surface area contributed by atoms with Gasteiger partial charge in [0.05, 0.1) is 0 Å². The molecule has 1 N–H and O–H groups in total. The van der Waals surface area contributed by atoms with Crippen LogP contribution >= 0.6 is 22.6 Å². The maximum atomic E-state index is 9.50. The fraction of sp³-hybridized carbons (Fsp3) is 0.250. The molecule has 0 bridgehead atoms. The highest BCUT2D eigenvalue weighted by molar-refractivity contribution is 14.1. The van der Waals surface area contributed by atoms with Crippen LogP contribution in [0.2, 0.25) is 0 Å². The summed E-state index contributed by atoms with van der Waals surface area (Å²) >= 11 is 2.31. The normalized spacial score (nSPS) is 12.3. The summed E-state index contributed by atoms with van der Waals surface area (Å²) in [6, 6.07) is 18.9. The molecule has 2 rings (SSSR count). The molecule has 0 spiro atoms. The Morgan fingerprint density at radius 2 is 1.39 bits per heavy atom. The second-order valence-corrected chi connectivity index (χ2v) is 5.81. The number of aliphatic hydroxyl groups is 1. The summed E-state index contributed by atoms with van der Waals surface area (Å²) in [7, 11) is 0. The summed E-state index contributed by atoms with van der Waals surface area (Å²) in [6.45, 7) is 0.237. The van der Waals surface area contributed by atoms with E-state index in [0.717, 1.165) is 12.8 Å². The predicted molar refractivity (Wildman–Crippen MR) is 83.6 cm³/mol. The van der Waals surface area contributed by atoms with E-state index in [4.69, 9.17) is 0 Å². The number of hydrogen-bond acceptors (Lipinski definition) is 1. The molecule has 1 unspecified atom stereocenters. The molecule has 0 aliphatic heterocycles. The van der Waals surface area contributed by atoms with Crippen LogP contribution in [0.3, 0.4) is 0 Å². The molecular weight excluding hydrogens is 335 g/mol. The van der Waals surface area contributed by atoms with Crippen molar-refractivity contribution in [3.63, 3.8) is 0 Å². The quantitative estimate of drug-likeness (QED) is 0.814. The molecule has 0 saturated carbocycles. The fourth-order valence-electron chi connectivity index (χ4n) is 2.10. The van der Waals surface area contributed by atoms with Gasteiger partial charge in [-0.3, -0.25) is 0 Å². The third-order valence-electron chi connectivity index (χ3n) is 3.06. The van der Waals surface area contributed by atoms with Crippen LogP contribution in [0.1, 0.15) is 11.1 Å². The average molecular weight is 352 g/mol. The largest absolute Gasteiger partial charge is 0.396 e. The van der Waals surface area contributed by atoms with Gasteiger partial charge in [0.2, 0.25) is 0 Å². The van der Waals surface area contributed by atoms with Crippen LogP contribution in [0.5, 0.6) is 0 Å². The highest BCUT2D eigenvalue weighted by Crippen LogP contribution is 2.15. The lowest BCUT2D eigenvalue weighted by Crippen LogP contribution is -2.12. The molecule has 2 aromatic carbocycles. The van der Waals surface area contributed by atoms with Crippen LogP contribution in [0, 0.1) is 9.49 Å². The SMILES string of the molecule is OCC(Cc1ccccc1)Cc1ccc(I)cc1. The van der Waals surface area contributed by atoms with Gasteiger partial charge >= 0.3 is 0 Å². The standard InChI is InChI=1S/C16H17IO/c17-16-8-6-14(7-9-16)11-15(12-18)10-13-4-2-1-3-5-13/h1-9,15,18H,10-12H2. The smallest absolute Gasteiger partial charge is 0.0465 e. The first-order valence-corrected chi connectivity index (χ1v) is 7.25. The molecule has 0 fully saturated rings. The Morgan fingerprint density at radius 1 is 0.833 bits per heavy atom. The first kappa shape index (κ1) is 13.6. The Balaban J connectivity index is 1.99. The van der Waals surface area contributed by atoms with Crippen molar-refractivity contribution in [1.82, 2.24) is 0 Å². The number of rotatable bonds is 5. The zero-order valence-corrected chi connectivity index (χ0v) is 12.4. The minimum absolute atomic E-state index is 0.237. The van der Waals surface area contributed by atoms with Crippen LogP contribution in [-0.2, 0) is 12.8 Å². The van der Waals surface area contributed by atoms with Gasteiger partial charge in [-0.2, -0.15) is 0 Å². The number of benzene rings is 2. The van der Waals surface area contributed by atoms with E-state index in [0.29, 0.717) is 5.92 Å². The van der Waals surface area contributed by atoms with Crippen molar-refractivity contribution in [3.8, 4) is 0 Å². The molecule has 0 radical (unpaired) electrons. The van der Waals surface area contributed by atoms with Gasteiger partial charge in [0.15, 0.2) is 0 Å². The second-order valence-electron chi connectivity index (χ2n) is 4.57. The molecule has 18 heavy (non-hydrogen) atoms. The zero-order chi connectivity index (χ0) is 12.8. The van der Waals surface area contributed by atoms with E-state index in [9.17, 15) is 5.11 Å². The molecule has 0 aliphatic carbocycles. The molecule has 2 aromatic rings. The fourth-order valence-corrected chi connectivity index (χ4v) is 2.46. The Hall–Kier alpha value is -0.870. The minimum Gasteiger partial charge on any atom is -0.396 e. The summed E-state index contributed by atoms with van der Waals surface area (Å²) in [5.41, 5.74) is 2.59. The van der Waals surface area contributed by atoms with Gasteiger partial charge in [0, 0.05) is 10.2 Å². The Labute approximate surface area is 122 Å². The van der Waals surface area contributed by atoms with E-state index in [1.165, 1.54) is 14.7 Å². The van der Waals surface area contributed by atoms with Crippen LogP contribution < -0.4 is 0 Å². The number of hydrogen-bond donors (Lipinski definition) is 1. The van der Waals surface area contributed by atoms with Crippen molar-refractivity contribution in [2.24, 2.45) is 5.92 Å². The van der Waals surface area contributed by atoms with Gasteiger partial charge < -0.3 is 5.11 Å². The topological polar surface area (TPSA) is 20.2 Å². The summed E-state index contributed by atoms with van der Waals surface area (Å²) in [5, 5.41) is 9.50. The molecule has 94 valence electrons. The van der Waals surface area contributed by atoms with E-state index < -0.39 is 0 Å². The zero-order valence-electron chi connectivity index (χ0n) is 10.2. The van der Waals surface area contributed by atoms with Crippen LogP contribution in [0.25, 0.3) is 0 Å². The Kier molecular flexibility index (Phi) is 5.20. The lowest BCUT2D eigenvalue weighted by atomic mass is 9.93. The molecular formula is C16H17IO. The molecule has 1 nitrogen and oxygen atoms in total. The van der Waals surface area contributed by atoms with Crippen molar-refractivity contribution in [2.75, 3.05) is 6.61 Å². The first-order chi connectivity index (χ1) is 8.78. The van der Waals surface area contributed by atoms with Gasteiger partial charge in [-0.15, -0.1) is 0 Å². The van der Waals surface area contributed by atoms with Gasteiger partial charge in [0.25, 0.3) is 0 Å². The predicted octanol–water partition coefficient (Wildman–Crippen LogP) is 3.68. The van der Waals surface area contributed by atoms with E-state index in [1.807, 2.05) is 6.07 Å². The van der Waals surface area contributed by atoms with Gasteiger partial charge in [-0.05, 0) is 64.6 Å². The summed E-state index contributed by atoms with van der Waals surface area (Å²) in [4.78, 5) is 0. The molecule has 0 aliphatic rings. The van der Waals surface area contributed by atoms with E-state index >= 15 is 0 Å². The Morgan fingerprint density at radius 3 is 1.94 bits per heavy atom. The van der Waals surface area contributed by atoms with Gasteiger partial charge in [-0.25, -0.2) is 0 Å². The molecule has 0 heterocycles. The van der Waals surface area contributed by atoms with Crippen molar-refractivity contribution >= 4 is 22.6 Å². The average Bonchev–Trinajstić information content (AvgIpc) is 2.41. The number of halogens is 1. The lowest BCUT2D eigenvalue weighted by molar-refractivity contribution is 0.225. The van der Waals surface area contributed by atoms with E-state index in [-0.39, 0.29) is 6.61 Å². The molecule has 0 aromatic heterocycles. The van der Waals surface area contributed by atoms with Crippen molar-refractivity contribution < 1.29 is 5.11 Å². The highest BCUT2D eigenvalue weighted by Gasteiger charge is 2.09. The minimum atomic E-state index is 0.237. The monoisotopic (exact) mass is 352 g/mol. The molecule has 0 saturated heterocycles. The molecule has 1 atom stereocenters. The summed E-state index contributed by atoms with van der Waals surface area (Å²) in [5.74, 6) is 0.299. The maximum Gasteiger partial charge on any atom is 0.0465 e. The third-order valence-corrected chi connectivity index (χ3v) is 3.78. The van der Waals surface area contributed by atoms with E-state index in [2.05, 4.69) is 71.1 Å². The van der Waals surface area contributed by atoms with Crippen molar-refractivity contribution in [1.29, 1.82) is 0 Å². The van der Waals surface area contributed by atoms with Crippen molar-refractivity contribution in [3.05, 3.63) is 69.3 Å².